The van der Waals surface area contributed by atoms with Gasteiger partial charge in [-0.25, -0.2) is 0 Å². The first kappa shape index (κ1) is 33.2. The van der Waals surface area contributed by atoms with Gasteiger partial charge in [-0.2, -0.15) is 13.2 Å². The number of hydrogen-bond donors (Lipinski definition) is 1. The van der Waals surface area contributed by atoms with Gasteiger partial charge in [0.2, 0.25) is 0 Å². The molecule has 2 aromatic carbocycles. The average Bonchev–Trinajstić information content (AvgIpc) is 2.89. The average molecular weight is 583 g/mol. The Morgan fingerprint density at radius 3 is 2.48 bits per heavy atom. The third-order valence-corrected chi connectivity index (χ3v) is 6.53. The minimum absolute atomic E-state index is 0.0155. The minimum atomic E-state index is -4.58. The lowest BCUT2D eigenvalue weighted by molar-refractivity contribution is -0.153. The van der Waals surface area contributed by atoms with Crippen molar-refractivity contribution in [2.75, 3.05) is 40.5 Å². The molecule has 220 valence electrons. The zero-order valence-corrected chi connectivity index (χ0v) is 24.0. The molecular weight excluding hydrogens is 545 g/mol. The second kappa shape index (κ2) is 16.3. The molecule has 1 unspecified atom stereocenters. The largest absolute Gasteiger partial charge is 0.483 e. The Labute approximate surface area is 238 Å². The van der Waals surface area contributed by atoms with Crippen LogP contribution >= 0.6 is 11.6 Å². The van der Waals surface area contributed by atoms with Gasteiger partial charge in [-0.15, -0.1) is 0 Å². The number of Topliss-reactive ketones (excluding diaryl/α,β-unsaturated/α-hetero) is 1. The number of methoxy groups -OCH3 is 1. The number of benzene rings is 2. The summed E-state index contributed by atoms with van der Waals surface area (Å²) in [4.78, 5) is 27.2. The summed E-state index contributed by atoms with van der Waals surface area (Å²) in [6, 6.07) is 9.82. The predicted molar refractivity (Wildman–Crippen MR) is 152 cm³/mol. The van der Waals surface area contributed by atoms with Crippen LogP contribution in [-0.2, 0) is 4.74 Å². The van der Waals surface area contributed by atoms with Crippen LogP contribution in [0.3, 0.4) is 0 Å². The van der Waals surface area contributed by atoms with E-state index >= 15 is 0 Å². The normalized spacial score (nSPS) is 12.7. The molecule has 0 aliphatic heterocycles. The van der Waals surface area contributed by atoms with Gasteiger partial charge >= 0.3 is 6.18 Å². The van der Waals surface area contributed by atoms with Crippen molar-refractivity contribution in [1.82, 2.24) is 10.2 Å². The molecule has 0 fully saturated rings. The van der Waals surface area contributed by atoms with Gasteiger partial charge in [0, 0.05) is 55.7 Å². The Bertz CT molecular complexity index is 1220. The highest BCUT2D eigenvalue weighted by Crippen LogP contribution is 2.21. The van der Waals surface area contributed by atoms with Gasteiger partial charge in [-0.05, 0) is 60.7 Å². The smallest absolute Gasteiger partial charge is 0.422 e. The van der Waals surface area contributed by atoms with E-state index in [1.54, 1.807) is 36.5 Å². The van der Waals surface area contributed by atoms with Gasteiger partial charge < -0.3 is 19.7 Å². The molecule has 0 heterocycles. The third kappa shape index (κ3) is 11.2. The minimum Gasteiger partial charge on any atom is -0.483 e. The fraction of sp³-hybridized carbons (Fsp3) is 0.467. The van der Waals surface area contributed by atoms with Gasteiger partial charge in [0.25, 0.3) is 5.91 Å². The van der Waals surface area contributed by atoms with E-state index < -0.39 is 18.7 Å². The van der Waals surface area contributed by atoms with Crippen LogP contribution in [0.25, 0.3) is 12.8 Å². The molecule has 0 aromatic heterocycles. The number of ether oxygens (including phenoxy) is 2. The van der Waals surface area contributed by atoms with Crippen LogP contribution in [0.15, 0.2) is 36.4 Å². The maximum Gasteiger partial charge on any atom is 0.422 e. The fourth-order valence-corrected chi connectivity index (χ4v) is 4.50. The maximum absolute atomic E-state index is 13.1. The zero-order valence-electron chi connectivity index (χ0n) is 23.3. The van der Waals surface area contributed by atoms with E-state index in [0.717, 1.165) is 19.3 Å². The first-order valence-electron chi connectivity index (χ1n) is 13.2. The number of nitrogens with one attached hydrogen (secondary N) is 1. The van der Waals surface area contributed by atoms with Crippen LogP contribution in [0.2, 0.25) is 5.02 Å². The van der Waals surface area contributed by atoms with E-state index in [2.05, 4.69) is 18.8 Å². The number of carbonyl (C=O) groups is 2. The molecule has 1 atom stereocenters. The van der Waals surface area contributed by atoms with Crippen molar-refractivity contribution in [1.29, 1.82) is 0 Å². The van der Waals surface area contributed by atoms with Crippen LogP contribution in [0.1, 0.15) is 59.7 Å². The van der Waals surface area contributed by atoms with Gasteiger partial charge in [-0.1, -0.05) is 37.6 Å². The molecule has 0 saturated heterocycles. The van der Waals surface area contributed by atoms with Crippen molar-refractivity contribution < 1.29 is 32.2 Å². The molecule has 10 heteroatoms. The monoisotopic (exact) mass is 582 g/mol. The summed E-state index contributed by atoms with van der Waals surface area (Å²) >= 11 is 5.91. The molecule has 2 aromatic rings. The second-order valence-corrected chi connectivity index (χ2v) is 10.1. The number of ketones is 1. The lowest BCUT2D eigenvalue weighted by Gasteiger charge is -2.23. The van der Waals surface area contributed by atoms with Crippen LogP contribution < -0.4 is 20.5 Å². The quantitative estimate of drug-likeness (QED) is 0.217. The summed E-state index contributed by atoms with van der Waals surface area (Å²) < 4.78 is 49.3. The van der Waals surface area contributed by atoms with Gasteiger partial charge in [0.15, 0.2) is 12.4 Å². The lowest BCUT2D eigenvalue weighted by Crippen LogP contribution is -2.36. The second-order valence-electron chi connectivity index (χ2n) is 9.71. The first-order chi connectivity index (χ1) is 18.9. The first-order valence-corrected chi connectivity index (χ1v) is 13.6. The topological polar surface area (TPSA) is 67.9 Å². The molecule has 0 aliphatic carbocycles. The third-order valence-electron chi connectivity index (χ3n) is 6.28. The van der Waals surface area contributed by atoms with Crippen molar-refractivity contribution in [3.63, 3.8) is 0 Å². The van der Waals surface area contributed by atoms with E-state index in [0.29, 0.717) is 40.4 Å². The van der Waals surface area contributed by atoms with Crippen molar-refractivity contribution in [3.8, 4) is 5.75 Å². The van der Waals surface area contributed by atoms with E-state index in [1.807, 2.05) is 11.9 Å². The molecule has 0 saturated carbocycles. The molecule has 0 bridgehead atoms. The Hall–Kier alpha value is -3.04. The highest BCUT2D eigenvalue weighted by Gasteiger charge is 2.29. The number of rotatable bonds is 16. The standard InChI is InChI=1S/C30H38ClF3N2O4/c1-5-7-22(8-6-9-27(37)23-11-13-24(31)14-12-23)18-36(3)19-26-21(2)10-15-25(29(38)35-16-17-39-4)28(26)40-20-30(32,33)34/h10-15,19,22H,2,5-9,16-18,20H2,1,3-4H3,(H,35,38)/b26-19+. The highest BCUT2D eigenvalue weighted by molar-refractivity contribution is 6.30. The summed E-state index contributed by atoms with van der Waals surface area (Å²) in [5.41, 5.74) is 0.612. The molecular formula is C30H38ClF3N2O4. The van der Waals surface area contributed by atoms with E-state index in [-0.39, 0.29) is 36.2 Å². The lowest BCUT2D eigenvalue weighted by atomic mass is 9.94. The molecule has 1 amide bonds. The molecule has 40 heavy (non-hydrogen) atoms. The van der Waals surface area contributed by atoms with Gasteiger partial charge in [0.1, 0.15) is 5.75 Å². The maximum atomic E-state index is 13.1. The molecule has 0 radical (unpaired) electrons. The van der Waals surface area contributed by atoms with Crippen LogP contribution in [0.4, 0.5) is 13.2 Å². The molecule has 0 spiro atoms. The number of nitrogens with zero attached hydrogens (tertiary/aromatic N) is 1. The van der Waals surface area contributed by atoms with Crippen LogP contribution in [0, 0.1) is 5.92 Å². The SMILES string of the molecule is C=c1ccc(C(=O)NCCOC)c(OCC(F)(F)F)/c1=C/N(C)CC(CCC)CCCC(=O)c1ccc(Cl)cc1. The molecule has 2 rings (SSSR count). The number of carbonyl (C=O) groups excluding carboxylic acids is 2. The van der Waals surface area contributed by atoms with Crippen LogP contribution in [0.5, 0.6) is 5.75 Å². The van der Waals surface area contributed by atoms with Crippen LogP contribution in [-0.4, -0.2) is 63.2 Å². The van der Waals surface area contributed by atoms with E-state index in [1.165, 1.54) is 13.2 Å². The van der Waals surface area contributed by atoms with Crippen molar-refractivity contribution in [3.05, 3.63) is 63.0 Å². The number of alkyl halides is 3. The molecule has 6 nitrogen and oxygen atoms in total. The summed E-state index contributed by atoms with van der Waals surface area (Å²) in [6.07, 6.45) is 0.875. The Morgan fingerprint density at radius 1 is 1.15 bits per heavy atom. The predicted octanol–water partition coefficient (Wildman–Crippen LogP) is 5.21. The van der Waals surface area contributed by atoms with Crippen molar-refractivity contribution >= 4 is 36.1 Å². The highest BCUT2D eigenvalue weighted by atomic mass is 35.5. The van der Waals surface area contributed by atoms with Gasteiger partial charge in [0.05, 0.1) is 12.2 Å². The van der Waals surface area contributed by atoms with E-state index in [9.17, 15) is 22.8 Å². The Morgan fingerprint density at radius 2 is 1.85 bits per heavy atom. The Balaban J connectivity index is 2.22. The van der Waals surface area contributed by atoms with Gasteiger partial charge in [-0.3, -0.25) is 9.59 Å². The number of hydrogen-bond acceptors (Lipinski definition) is 5. The number of halogens is 4. The molecule has 1 N–H and O–H groups in total. The van der Waals surface area contributed by atoms with E-state index in [4.69, 9.17) is 21.1 Å². The van der Waals surface area contributed by atoms with Crippen molar-refractivity contribution in [2.45, 2.75) is 45.2 Å². The fourth-order valence-electron chi connectivity index (χ4n) is 4.38. The summed E-state index contributed by atoms with van der Waals surface area (Å²) in [5.74, 6) is -0.439. The summed E-state index contributed by atoms with van der Waals surface area (Å²) in [7, 11) is 3.30. The zero-order chi connectivity index (χ0) is 29.7. The van der Waals surface area contributed by atoms with Crippen molar-refractivity contribution in [2.24, 2.45) is 5.92 Å². The summed E-state index contributed by atoms with van der Waals surface area (Å²) in [6.45, 7) is 5.55. The number of amides is 1. The Kier molecular flexibility index (Phi) is 13.5. The summed E-state index contributed by atoms with van der Waals surface area (Å²) in [5, 5.41) is 3.94. The molecule has 0 aliphatic rings.